The third-order valence-corrected chi connectivity index (χ3v) is 2.48. The Morgan fingerprint density at radius 3 is 2.77 bits per heavy atom. The molecule has 0 bridgehead atoms. The largest absolute Gasteiger partial charge is 0.324 e. The molecule has 0 saturated heterocycles. The SMILES string of the molecule is CCCC(N)c1cc(Cl)ccc1C. The van der Waals surface area contributed by atoms with Crippen molar-refractivity contribution in [1.82, 2.24) is 0 Å². The number of rotatable bonds is 3. The predicted molar refractivity (Wildman–Crippen MR) is 58.0 cm³/mol. The minimum absolute atomic E-state index is 0.128. The second-order valence-corrected chi connectivity index (χ2v) is 3.83. The van der Waals surface area contributed by atoms with Crippen LogP contribution < -0.4 is 5.73 Å². The molecule has 1 aromatic rings. The summed E-state index contributed by atoms with van der Waals surface area (Å²) in [6.07, 6.45) is 2.12. The standard InChI is InChI=1S/C11H16ClN/c1-3-4-11(13)10-7-9(12)6-5-8(10)2/h5-7,11H,3-4,13H2,1-2H3. The molecule has 1 atom stereocenters. The Kier molecular flexibility index (Phi) is 3.76. The zero-order valence-corrected chi connectivity index (χ0v) is 8.93. The Labute approximate surface area is 84.9 Å². The van der Waals surface area contributed by atoms with Crippen LogP contribution in [0.3, 0.4) is 0 Å². The lowest BCUT2D eigenvalue weighted by Crippen LogP contribution is -2.11. The highest BCUT2D eigenvalue weighted by atomic mass is 35.5. The first kappa shape index (κ1) is 10.6. The summed E-state index contributed by atoms with van der Waals surface area (Å²) in [5, 5.41) is 0.771. The van der Waals surface area contributed by atoms with Crippen molar-refractivity contribution in [3.63, 3.8) is 0 Å². The highest BCUT2D eigenvalue weighted by Crippen LogP contribution is 2.23. The van der Waals surface area contributed by atoms with Gasteiger partial charge in [-0.15, -0.1) is 0 Å². The van der Waals surface area contributed by atoms with Crippen LogP contribution in [0.1, 0.15) is 36.9 Å². The van der Waals surface area contributed by atoms with Crippen molar-refractivity contribution in [1.29, 1.82) is 0 Å². The Bertz CT molecular complexity index is 283. The summed E-state index contributed by atoms with van der Waals surface area (Å²) in [5.74, 6) is 0. The fraction of sp³-hybridized carbons (Fsp3) is 0.455. The topological polar surface area (TPSA) is 26.0 Å². The molecule has 0 amide bonds. The summed E-state index contributed by atoms with van der Waals surface area (Å²) < 4.78 is 0. The van der Waals surface area contributed by atoms with Crippen molar-refractivity contribution < 1.29 is 0 Å². The lowest BCUT2D eigenvalue weighted by Gasteiger charge is -2.13. The molecule has 0 heterocycles. The van der Waals surface area contributed by atoms with Gasteiger partial charge in [0.25, 0.3) is 0 Å². The summed E-state index contributed by atoms with van der Waals surface area (Å²) >= 11 is 5.91. The van der Waals surface area contributed by atoms with E-state index in [1.54, 1.807) is 0 Å². The van der Waals surface area contributed by atoms with E-state index < -0.39 is 0 Å². The molecule has 0 aliphatic carbocycles. The Hall–Kier alpha value is -0.530. The molecule has 2 heteroatoms. The first-order valence-corrected chi connectivity index (χ1v) is 5.04. The second kappa shape index (κ2) is 4.64. The fourth-order valence-electron chi connectivity index (χ4n) is 1.48. The minimum atomic E-state index is 0.128. The molecule has 1 nitrogen and oxygen atoms in total. The maximum absolute atomic E-state index is 6.02. The highest BCUT2D eigenvalue weighted by Gasteiger charge is 2.07. The summed E-state index contributed by atoms with van der Waals surface area (Å²) in [5.41, 5.74) is 8.42. The van der Waals surface area contributed by atoms with Crippen molar-refractivity contribution in [2.24, 2.45) is 5.73 Å². The molecule has 2 N–H and O–H groups in total. The van der Waals surface area contributed by atoms with E-state index in [4.69, 9.17) is 17.3 Å². The van der Waals surface area contributed by atoms with Crippen LogP contribution in [-0.2, 0) is 0 Å². The van der Waals surface area contributed by atoms with Gasteiger partial charge in [-0.3, -0.25) is 0 Å². The van der Waals surface area contributed by atoms with Gasteiger partial charge in [-0.05, 0) is 36.6 Å². The molecule has 1 unspecified atom stereocenters. The second-order valence-electron chi connectivity index (χ2n) is 3.40. The average Bonchev–Trinajstić information content (AvgIpc) is 2.09. The van der Waals surface area contributed by atoms with Gasteiger partial charge in [-0.25, -0.2) is 0 Å². The third kappa shape index (κ3) is 2.71. The quantitative estimate of drug-likeness (QED) is 0.790. The van der Waals surface area contributed by atoms with Gasteiger partial charge in [-0.1, -0.05) is 31.0 Å². The van der Waals surface area contributed by atoms with Crippen molar-refractivity contribution in [3.05, 3.63) is 34.3 Å². The minimum Gasteiger partial charge on any atom is -0.324 e. The van der Waals surface area contributed by atoms with Gasteiger partial charge >= 0.3 is 0 Å². The van der Waals surface area contributed by atoms with Gasteiger partial charge < -0.3 is 5.73 Å². The molecular formula is C11H16ClN. The summed E-state index contributed by atoms with van der Waals surface area (Å²) in [6.45, 7) is 4.21. The van der Waals surface area contributed by atoms with Crippen LogP contribution in [0.25, 0.3) is 0 Å². The normalized spacial score (nSPS) is 12.9. The van der Waals surface area contributed by atoms with E-state index in [0.717, 1.165) is 17.9 Å². The van der Waals surface area contributed by atoms with Gasteiger partial charge in [0.05, 0.1) is 0 Å². The molecule has 0 aliphatic heterocycles. The first-order chi connectivity index (χ1) is 6.15. The molecule has 1 rings (SSSR count). The van der Waals surface area contributed by atoms with Crippen molar-refractivity contribution in [2.75, 3.05) is 0 Å². The molecule has 72 valence electrons. The van der Waals surface area contributed by atoms with E-state index >= 15 is 0 Å². The van der Waals surface area contributed by atoms with Crippen molar-refractivity contribution in [2.45, 2.75) is 32.7 Å². The van der Waals surface area contributed by atoms with Gasteiger partial charge in [0, 0.05) is 11.1 Å². The zero-order chi connectivity index (χ0) is 9.84. The van der Waals surface area contributed by atoms with E-state index in [0.29, 0.717) is 0 Å². The van der Waals surface area contributed by atoms with Crippen LogP contribution >= 0.6 is 11.6 Å². The Morgan fingerprint density at radius 2 is 2.15 bits per heavy atom. The van der Waals surface area contributed by atoms with Crippen LogP contribution in [0, 0.1) is 6.92 Å². The number of halogens is 1. The van der Waals surface area contributed by atoms with Gasteiger partial charge in [0.15, 0.2) is 0 Å². The van der Waals surface area contributed by atoms with E-state index in [9.17, 15) is 0 Å². The van der Waals surface area contributed by atoms with E-state index in [2.05, 4.69) is 13.8 Å². The molecule has 0 fully saturated rings. The molecule has 0 aromatic heterocycles. The maximum Gasteiger partial charge on any atom is 0.0409 e. The summed E-state index contributed by atoms with van der Waals surface area (Å²) in [7, 11) is 0. The number of hydrogen-bond acceptors (Lipinski definition) is 1. The van der Waals surface area contributed by atoms with Gasteiger partial charge in [0.2, 0.25) is 0 Å². The predicted octanol–water partition coefficient (Wildman–Crippen LogP) is 3.45. The molecule has 0 aliphatic rings. The van der Waals surface area contributed by atoms with Crippen LogP contribution in [0.4, 0.5) is 0 Å². The van der Waals surface area contributed by atoms with Gasteiger partial charge in [-0.2, -0.15) is 0 Å². The van der Waals surface area contributed by atoms with Gasteiger partial charge in [0.1, 0.15) is 0 Å². The maximum atomic E-state index is 6.02. The van der Waals surface area contributed by atoms with E-state index in [-0.39, 0.29) is 6.04 Å². The zero-order valence-electron chi connectivity index (χ0n) is 8.18. The molecule has 0 saturated carbocycles. The summed E-state index contributed by atoms with van der Waals surface area (Å²) in [4.78, 5) is 0. The molecule has 0 radical (unpaired) electrons. The lowest BCUT2D eigenvalue weighted by atomic mass is 9.99. The molecule has 0 spiro atoms. The van der Waals surface area contributed by atoms with Crippen molar-refractivity contribution in [3.8, 4) is 0 Å². The average molecular weight is 198 g/mol. The Balaban J connectivity index is 2.91. The first-order valence-electron chi connectivity index (χ1n) is 4.66. The summed E-state index contributed by atoms with van der Waals surface area (Å²) in [6, 6.07) is 6.02. The number of nitrogens with two attached hydrogens (primary N) is 1. The van der Waals surface area contributed by atoms with Crippen molar-refractivity contribution >= 4 is 11.6 Å². The van der Waals surface area contributed by atoms with Crippen LogP contribution in [0.2, 0.25) is 5.02 Å². The number of hydrogen-bond donors (Lipinski definition) is 1. The molecule has 1 aromatic carbocycles. The van der Waals surface area contributed by atoms with Crippen LogP contribution in [0.5, 0.6) is 0 Å². The lowest BCUT2D eigenvalue weighted by molar-refractivity contribution is 0.635. The van der Waals surface area contributed by atoms with E-state index in [1.165, 1.54) is 11.1 Å². The molecule has 13 heavy (non-hydrogen) atoms. The third-order valence-electron chi connectivity index (χ3n) is 2.24. The Morgan fingerprint density at radius 1 is 1.46 bits per heavy atom. The van der Waals surface area contributed by atoms with Crippen LogP contribution in [0.15, 0.2) is 18.2 Å². The van der Waals surface area contributed by atoms with E-state index in [1.807, 2.05) is 18.2 Å². The monoisotopic (exact) mass is 197 g/mol. The fourth-order valence-corrected chi connectivity index (χ4v) is 1.66. The number of aryl methyl sites for hydroxylation is 1. The molecular weight excluding hydrogens is 182 g/mol. The smallest absolute Gasteiger partial charge is 0.0409 e. The highest BCUT2D eigenvalue weighted by molar-refractivity contribution is 6.30. The van der Waals surface area contributed by atoms with Crippen LogP contribution in [-0.4, -0.2) is 0 Å². The number of benzene rings is 1.